The smallest absolute Gasteiger partial charge is 0.419 e. The summed E-state index contributed by atoms with van der Waals surface area (Å²) in [5, 5.41) is 7.51. The summed E-state index contributed by atoms with van der Waals surface area (Å²) in [4.78, 5) is 22.1. The van der Waals surface area contributed by atoms with E-state index < -0.39 is 17.6 Å². The van der Waals surface area contributed by atoms with Crippen LogP contribution in [0.15, 0.2) is 42.6 Å². The van der Waals surface area contributed by atoms with E-state index in [0.717, 1.165) is 32.0 Å². The number of ether oxygens (including phenoxy) is 2. The molecule has 3 aromatic heterocycles. The number of nitrogen functional groups attached to an aromatic ring is 1. The van der Waals surface area contributed by atoms with Crippen molar-refractivity contribution in [1.29, 1.82) is 0 Å². The molecule has 0 unspecified atom stereocenters. The Morgan fingerprint density at radius 1 is 1.10 bits per heavy atom. The number of likely N-dealkylation sites (tertiary alicyclic amines) is 1. The molecule has 0 atom stereocenters. The van der Waals surface area contributed by atoms with Crippen molar-refractivity contribution in [1.82, 2.24) is 29.8 Å². The van der Waals surface area contributed by atoms with Gasteiger partial charge in [-0.2, -0.15) is 18.3 Å². The molecule has 0 spiro atoms. The lowest BCUT2D eigenvalue weighted by Crippen LogP contribution is -2.39. The van der Waals surface area contributed by atoms with E-state index in [-0.39, 0.29) is 18.2 Å². The fourth-order valence-corrected chi connectivity index (χ4v) is 4.66. The van der Waals surface area contributed by atoms with Crippen molar-refractivity contribution in [2.24, 2.45) is 0 Å². The topological polar surface area (TPSA) is 120 Å². The summed E-state index contributed by atoms with van der Waals surface area (Å²) >= 11 is 0. The number of alkyl halides is 3. The summed E-state index contributed by atoms with van der Waals surface area (Å²) in [5.74, 6) is 0.360. The number of urea groups is 1. The van der Waals surface area contributed by atoms with Crippen molar-refractivity contribution in [3.63, 3.8) is 0 Å². The van der Waals surface area contributed by atoms with Crippen LogP contribution in [0.4, 0.5) is 23.8 Å². The first-order valence-electron chi connectivity index (χ1n) is 12.7. The van der Waals surface area contributed by atoms with Gasteiger partial charge in [-0.1, -0.05) is 0 Å². The number of aryl methyl sites for hydroxylation is 1. The maximum Gasteiger partial charge on any atom is 0.419 e. The number of fused-ring (bicyclic) bond motifs is 1. The average Bonchev–Trinajstić information content (AvgIpc) is 3.58. The Hall–Kier alpha value is -4.55. The van der Waals surface area contributed by atoms with E-state index in [4.69, 9.17) is 15.2 Å². The highest BCUT2D eigenvalue weighted by Gasteiger charge is 2.34. The standard InChI is InChI=1S/C27H28F3N7O3/c1-16-24(18-13-19(27(28,29)30)25(31)33-15-18)37-23(34-16)8-6-20(35-37)17-5-7-21(22(14-17)39-2)40-12-9-32-26(38)36-10-3-4-11-36/h5-8,13-15H,3-4,9-12H2,1-2H3,(H2,31,33)(H,32,38). The lowest BCUT2D eigenvalue weighted by molar-refractivity contribution is -0.137. The Kier molecular flexibility index (Phi) is 7.37. The number of aromatic nitrogens is 4. The van der Waals surface area contributed by atoms with Crippen LogP contribution in [-0.4, -0.2) is 63.9 Å². The molecule has 3 N–H and O–H groups in total. The number of anilines is 1. The van der Waals surface area contributed by atoms with Crippen LogP contribution in [0.1, 0.15) is 24.1 Å². The molecule has 1 saturated heterocycles. The molecule has 0 radical (unpaired) electrons. The highest BCUT2D eigenvalue weighted by Crippen LogP contribution is 2.36. The number of hydrogen-bond donors (Lipinski definition) is 2. The van der Waals surface area contributed by atoms with E-state index in [0.29, 0.717) is 46.3 Å². The van der Waals surface area contributed by atoms with Gasteiger partial charge in [0.15, 0.2) is 17.1 Å². The van der Waals surface area contributed by atoms with Gasteiger partial charge < -0.3 is 25.4 Å². The number of hydrogen-bond acceptors (Lipinski definition) is 7. The third kappa shape index (κ3) is 5.44. The fourth-order valence-electron chi connectivity index (χ4n) is 4.66. The van der Waals surface area contributed by atoms with E-state index in [9.17, 15) is 18.0 Å². The maximum atomic E-state index is 13.5. The van der Waals surface area contributed by atoms with Gasteiger partial charge in [-0.25, -0.2) is 19.3 Å². The van der Waals surface area contributed by atoms with Crippen molar-refractivity contribution < 1.29 is 27.4 Å². The number of carbonyl (C=O) groups is 1. The predicted octanol–water partition coefficient (Wildman–Crippen LogP) is 4.56. The molecule has 0 bridgehead atoms. The van der Waals surface area contributed by atoms with Gasteiger partial charge in [0.2, 0.25) is 0 Å². The third-order valence-electron chi connectivity index (χ3n) is 6.64. The molecule has 0 saturated carbocycles. The van der Waals surface area contributed by atoms with Crippen molar-refractivity contribution >= 4 is 17.5 Å². The van der Waals surface area contributed by atoms with E-state index in [2.05, 4.69) is 20.4 Å². The highest BCUT2D eigenvalue weighted by atomic mass is 19.4. The van der Waals surface area contributed by atoms with Crippen LogP contribution in [0.3, 0.4) is 0 Å². The summed E-state index contributed by atoms with van der Waals surface area (Å²) in [6.07, 6.45) is -1.33. The van der Waals surface area contributed by atoms with Gasteiger partial charge in [0.1, 0.15) is 12.4 Å². The Morgan fingerprint density at radius 3 is 2.60 bits per heavy atom. The van der Waals surface area contributed by atoms with E-state index in [1.807, 2.05) is 0 Å². The van der Waals surface area contributed by atoms with Crippen LogP contribution in [0, 0.1) is 6.92 Å². The Morgan fingerprint density at radius 2 is 1.88 bits per heavy atom. The van der Waals surface area contributed by atoms with Crippen LogP contribution in [0.5, 0.6) is 11.5 Å². The number of nitrogens with two attached hydrogens (primary N) is 1. The molecule has 0 aliphatic carbocycles. The molecule has 5 rings (SSSR count). The second-order valence-corrected chi connectivity index (χ2v) is 9.33. The molecule has 13 heteroatoms. The van der Waals surface area contributed by atoms with Crippen LogP contribution in [-0.2, 0) is 6.18 Å². The third-order valence-corrected chi connectivity index (χ3v) is 6.64. The molecule has 1 aliphatic rings. The van der Waals surface area contributed by atoms with Crippen molar-refractivity contribution in [3.05, 3.63) is 53.9 Å². The predicted molar refractivity (Wildman–Crippen MR) is 142 cm³/mol. The first-order valence-corrected chi connectivity index (χ1v) is 12.7. The Balaban J connectivity index is 1.38. The van der Waals surface area contributed by atoms with Gasteiger partial charge in [-0.05, 0) is 56.2 Å². The van der Waals surface area contributed by atoms with Gasteiger partial charge in [-0.3, -0.25) is 0 Å². The fraction of sp³-hybridized carbons (Fsp3) is 0.333. The van der Waals surface area contributed by atoms with E-state index in [1.54, 1.807) is 42.2 Å². The van der Waals surface area contributed by atoms with Crippen LogP contribution >= 0.6 is 0 Å². The number of amides is 2. The number of carbonyl (C=O) groups excluding carboxylic acids is 1. The van der Waals surface area contributed by atoms with E-state index >= 15 is 0 Å². The van der Waals surface area contributed by atoms with Crippen LogP contribution < -0.4 is 20.5 Å². The van der Waals surface area contributed by atoms with Crippen molar-refractivity contribution in [3.8, 4) is 34.0 Å². The molecule has 1 fully saturated rings. The van der Waals surface area contributed by atoms with Crippen molar-refractivity contribution in [2.45, 2.75) is 25.9 Å². The Labute approximate surface area is 227 Å². The second-order valence-electron chi connectivity index (χ2n) is 9.33. The summed E-state index contributed by atoms with van der Waals surface area (Å²) in [6.45, 7) is 3.83. The number of rotatable bonds is 7. The molecule has 2 amide bonds. The first-order chi connectivity index (χ1) is 19.2. The minimum Gasteiger partial charge on any atom is -0.493 e. The molecule has 4 heterocycles. The summed E-state index contributed by atoms with van der Waals surface area (Å²) < 4.78 is 53.2. The zero-order chi connectivity index (χ0) is 28.4. The molecule has 1 aliphatic heterocycles. The zero-order valence-corrected chi connectivity index (χ0v) is 22.0. The summed E-state index contributed by atoms with van der Waals surface area (Å²) in [7, 11) is 1.52. The highest BCUT2D eigenvalue weighted by molar-refractivity contribution is 5.74. The summed E-state index contributed by atoms with van der Waals surface area (Å²) in [6, 6.07) is 9.64. The van der Waals surface area contributed by atoms with Gasteiger partial charge in [0.25, 0.3) is 0 Å². The zero-order valence-electron chi connectivity index (χ0n) is 22.0. The summed E-state index contributed by atoms with van der Waals surface area (Å²) in [5.41, 5.74) is 7.20. The maximum absolute atomic E-state index is 13.5. The molecule has 4 aromatic rings. The van der Waals surface area contributed by atoms with Crippen LogP contribution in [0.2, 0.25) is 0 Å². The van der Waals surface area contributed by atoms with Crippen LogP contribution in [0.25, 0.3) is 28.2 Å². The molecule has 10 nitrogen and oxygen atoms in total. The van der Waals surface area contributed by atoms with Gasteiger partial charge >= 0.3 is 12.2 Å². The molecular formula is C27H28F3N7O3. The number of pyridine rings is 1. The van der Waals surface area contributed by atoms with Gasteiger partial charge in [0.05, 0.1) is 36.3 Å². The average molecular weight is 556 g/mol. The van der Waals surface area contributed by atoms with Gasteiger partial charge in [-0.15, -0.1) is 0 Å². The first kappa shape index (κ1) is 27.0. The molecule has 1 aromatic carbocycles. The Bertz CT molecular complexity index is 1550. The quantitative estimate of drug-likeness (QED) is 0.321. The second kappa shape index (κ2) is 10.9. The largest absolute Gasteiger partial charge is 0.493 e. The SMILES string of the molecule is COc1cc(-c2ccc3nc(C)c(-c4cnc(N)c(C(F)(F)F)c4)n3n2)ccc1OCCNC(=O)N1CCCC1. The minimum absolute atomic E-state index is 0.0941. The van der Waals surface area contributed by atoms with Crippen molar-refractivity contribution in [2.75, 3.05) is 39.1 Å². The molecule has 40 heavy (non-hydrogen) atoms. The lowest BCUT2D eigenvalue weighted by Gasteiger charge is -2.17. The van der Waals surface area contributed by atoms with Gasteiger partial charge in [0, 0.05) is 30.4 Å². The number of methoxy groups -OCH3 is 1. The molecular weight excluding hydrogens is 527 g/mol. The number of nitrogens with zero attached hydrogens (tertiary/aromatic N) is 5. The number of halogens is 3. The lowest BCUT2D eigenvalue weighted by atomic mass is 10.1. The normalized spacial score (nSPS) is 13.6. The molecule has 210 valence electrons. The number of imidazole rings is 1. The monoisotopic (exact) mass is 555 g/mol. The number of benzene rings is 1. The van der Waals surface area contributed by atoms with E-state index in [1.165, 1.54) is 17.8 Å². The minimum atomic E-state index is -4.65. The number of nitrogens with one attached hydrogen (secondary N) is 1.